The highest BCUT2D eigenvalue weighted by atomic mass is 32.2. The van der Waals surface area contributed by atoms with E-state index in [1.54, 1.807) is 18.0 Å². The van der Waals surface area contributed by atoms with Gasteiger partial charge in [-0.2, -0.15) is 9.40 Å². The molecule has 0 bridgehead atoms. The van der Waals surface area contributed by atoms with Gasteiger partial charge in [-0.25, -0.2) is 8.42 Å². The van der Waals surface area contributed by atoms with Gasteiger partial charge in [0.15, 0.2) is 0 Å². The molecule has 3 rings (SSSR count). The van der Waals surface area contributed by atoms with Gasteiger partial charge >= 0.3 is 0 Å². The second-order valence-electron chi connectivity index (χ2n) is 6.41. The second-order valence-corrected chi connectivity index (χ2v) is 8.31. The number of amides is 1. The third-order valence-corrected chi connectivity index (χ3v) is 6.87. The quantitative estimate of drug-likeness (QED) is 0.827. The van der Waals surface area contributed by atoms with E-state index in [1.807, 2.05) is 4.68 Å². The van der Waals surface area contributed by atoms with Crippen molar-refractivity contribution in [1.29, 1.82) is 0 Å². The number of piperazine rings is 1. The van der Waals surface area contributed by atoms with Crippen molar-refractivity contribution in [2.24, 2.45) is 0 Å². The van der Waals surface area contributed by atoms with Gasteiger partial charge in [0.05, 0.1) is 11.7 Å². The molecule has 23 heavy (non-hydrogen) atoms. The van der Waals surface area contributed by atoms with Gasteiger partial charge in [0, 0.05) is 39.3 Å². The minimum Gasteiger partial charge on any atom is -0.340 e. The van der Waals surface area contributed by atoms with Crippen molar-refractivity contribution in [3.05, 3.63) is 11.9 Å². The molecule has 2 fully saturated rings. The Balaban J connectivity index is 1.79. The van der Waals surface area contributed by atoms with Gasteiger partial charge in [-0.1, -0.05) is 12.8 Å². The maximum Gasteiger partial charge on any atom is 0.246 e. The highest BCUT2D eigenvalue weighted by Gasteiger charge is 2.32. The molecule has 1 aliphatic carbocycles. The molecule has 1 amide bonds. The summed E-state index contributed by atoms with van der Waals surface area (Å²) >= 11 is 0. The van der Waals surface area contributed by atoms with E-state index in [2.05, 4.69) is 5.10 Å². The number of sulfonamides is 1. The van der Waals surface area contributed by atoms with Crippen molar-refractivity contribution in [1.82, 2.24) is 19.0 Å². The molecule has 0 atom stereocenters. The Kier molecular flexibility index (Phi) is 4.46. The van der Waals surface area contributed by atoms with Gasteiger partial charge in [0.25, 0.3) is 0 Å². The number of aryl methyl sites for hydroxylation is 1. The third kappa shape index (κ3) is 3.14. The van der Waals surface area contributed by atoms with Crippen molar-refractivity contribution in [2.75, 3.05) is 26.2 Å². The van der Waals surface area contributed by atoms with Crippen LogP contribution >= 0.6 is 0 Å². The maximum atomic E-state index is 12.9. The Hall–Kier alpha value is -1.41. The third-order valence-electron chi connectivity index (χ3n) is 4.87. The summed E-state index contributed by atoms with van der Waals surface area (Å²) in [6.07, 6.45) is 6.19. The summed E-state index contributed by atoms with van der Waals surface area (Å²) < 4.78 is 29.1. The molecule has 0 unspecified atom stereocenters. The molecule has 2 aliphatic rings. The smallest absolute Gasteiger partial charge is 0.246 e. The average molecular weight is 340 g/mol. The van der Waals surface area contributed by atoms with E-state index in [0.29, 0.717) is 42.8 Å². The van der Waals surface area contributed by atoms with Crippen LogP contribution in [0.5, 0.6) is 0 Å². The molecule has 0 N–H and O–H groups in total. The lowest BCUT2D eigenvalue weighted by atomic mass is 10.3. The van der Waals surface area contributed by atoms with E-state index < -0.39 is 10.0 Å². The lowest BCUT2D eigenvalue weighted by Gasteiger charge is -2.33. The number of carbonyl (C=O) groups excluding carboxylic acids is 1. The summed E-state index contributed by atoms with van der Waals surface area (Å²) in [5.41, 5.74) is 0.561. The Morgan fingerprint density at radius 1 is 1.17 bits per heavy atom. The number of hydrogen-bond donors (Lipinski definition) is 0. The molecule has 128 valence electrons. The fourth-order valence-corrected chi connectivity index (χ4v) is 5.03. The van der Waals surface area contributed by atoms with Gasteiger partial charge in [-0.05, 0) is 19.8 Å². The molecule has 0 radical (unpaired) electrons. The van der Waals surface area contributed by atoms with Gasteiger partial charge in [0.1, 0.15) is 4.90 Å². The zero-order chi connectivity index (χ0) is 16.6. The zero-order valence-electron chi connectivity index (χ0n) is 13.7. The molecule has 1 aromatic heterocycles. The Labute approximate surface area is 137 Å². The van der Waals surface area contributed by atoms with Crippen LogP contribution in [0.4, 0.5) is 0 Å². The zero-order valence-corrected chi connectivity index (χ0v) is 14.5. The largest absolute Gasteiger partial charge is 0.340 e. The van der Waals surface area contributed by atoms with Crippen molar-refractivity contribution < 1.29 is 13.2 Å². The first kappa shape index (κ1) is 16.4. The summed E-state index contributed by atoms with van der Waals surface area (Å²) in [5.74, 6) is -0.00715. The summed E-state index contributed by atoms with van der Waals surface area (Å²) in [7, 11) is -3.54. The van der Waals surface area contributed by atoms with Crippen LogP contribution < -0.4 is 0 Å². The minimum absolute atomic E-state index is 0.00715. The minimum atomic E-state index is -3.54. The Morgan fingerprint density at radius 2 is 1.78 bits per heavy atom. The molecule has 0 aromatic carbocycles. The molecule has 1 saturated carbocycles. The lowest BCUT2D eigenvalue weighted by Crippen LogP contribution is -2.49. The first-order chi connectivity index (χ1) is 10.9. The fraction of sp³-hybridized carbons (Fsp3) is 0.733. The summed E-state index contributed by atoms with van der Waals surface area (Å²) in [5, 5.41) is 4.44. The monoisotopic (exact) mass is 340 g/mol. The molecule has 8 heteroatoms. The van der Waals surface area contributed by atoms with E-state index in [1.165, 1.54) is 24.1 Å². The van der Waals surface area contributed by atoms with E-state index in [4.69, 9.17) is 0 Å². The molecular weight excluding hydrogens is 316 g/mol. The van der Waals surface area contributed by atoms with Crippen LogP contribution in [0.25, 0.3) is 0 Å². The van der Waals surface area contributed by atoms with Crippen LogP contribution in [-0.4, -0.2) is 59.5 Å². The van der Waals surface area contributed by atoms with Gasteiger partial charge in [-0.15, -0.1) is 0 Å². The first-order valence-electron chi connectivity index (χ1n) is 8.21. The molecule has 1 aromatic rings. The van der Waals surface area contributed by atoms with Crippen LogP contribution in [0.3, 0.4) is 0 Å². The van der Waals surface area contributed by atoms with Gasteiger partial charge in [0.2, 0.25) is 15.9 Å². The maximum absolute atomic E-state index is 12.9. The molecule has 7 nitrogen and oxygen atoms in total. The van der Waals surface area contributed by atoms with E-state index >= 15 is 0 Å². The standard InChI is InChI=1S/C15H24N4O3S/c1-12-15(11-19(16-12)14-5-3-4-6-14)23(21,22)18-9-7-17(8-10-18)13(2)20/h11,14H,3-10H2,1-2H3. The normalized spacial score (nSPS) is 21.0. The average Bonchev–Trinajstić information content (AvgIpc) is 3.16. The Bertz CT molecular complexity index is 684. The molecule has 1 aliphatic heterocycles. The number of rotatable bonds is 3. The second kappa shape index (κ2) is 6.24. The van der Waals surface area contributed by atoms with Crippen molar-refractivity contribution >= 4 is 15.9 Å². The predicted molar refractivity (Wildman–Crippen MR) is 85.5 cm³/mol. The Morgan fingerprint density at radius 3 is 2.35 bits per heavy atom. The summed E-state index contributed by atoms with van der Waals surface area (Å²) in [4.78, 5) is 13.4. The molecule has 0 spiro atoms. The molecule has 2 heterocycles. The molecular formula is C15H24N4O3S. The number of carbonyl (C=O) groups is 1. The number of nitrogens with zero attached hydrogens (tertiary/aromatic N) is 4. The van der Waals surface area contributed by atoms with E-state index in [0.717, 1.165) is 12.8 Å². The van der Waals surface area contributed by atoms with Gasteiger partial charge < -0.3 is 4.90 Å². The van der Waals surface area contributed by atoms with Crippen LogP contribution in [0.2, 0.25) is 0 Å². The van der Waals surface area contributed by atoms with Crippen molar-refractivity contribution in [3.8, 4) is 0 Å². The van der Waals surface area contributed by atoms with E-state index in [9.17, 15) is 13.2 Å². The SMILES string of the molecule is CC(=O)N1CCN(S(=O)(=O)c2cn(C3CCCC3)nc2C)CC1. The van der Waals surface area contributed by atoms with Crippen molar-refractivity contribution in [2.45, 2.75) is 50.5 Å². The van der Waals surface area contributed by atoms with Crippen LogP contribution in [0.1, 0.15) is 44.3 Å². The topological polar surface area (TPSA) is 75.5 Å². The highest BCUT2D eigenvalue weighted by Crippen LogP contribution is 2.31. The number of aromatic nitrogens is 2. The lowest BCUT2D eigenvalue weighted by molar-refractivity contribution is -0.129. The first-order valence-corrected chi connectivity index (χ1v) is 9.65. The summed E-state index contributed by atoms with van der Waals surface area (Å²) in [6, 6.07) is 0.326. The highest BCUT2D eigenvalue weighted by molar-refractivity contribution is 7.89. The fourth-order valence-electron chi connectivity index (χ4n) is 3.46. The summed E-state index contributed by atoms with van der Waals surface area (Å²) in [6.45, 7) is 4.85. The van der Waals surface area contributed by atoms with Crippen LogP contribution in [-0.2, 0) is 14.8 Å². The van der Waals surface area contributed by atoms with E-state index in [-0.39, 0.29) is 5.91 Å². The van der Waals surface area contributed by atoms with Gasteiger partial charge in [-0.3, -0.25) is 9.48 Å². The van der Waals surface area contributed by atoms with Crippen LogP contribution in [0, 0.1) is 6.92 Å². The number of hydrogen-bond acceptors (Lipinski definition) is 4. The predicted octanol–water partition coefficient (Wildman–Crippen LogP) is 1.16. The van der Waals surface area contributed by atoms with Crippen LogP contribution in [0.15, 0.2) is 11.1 Å². The van der Waals surface area contributed by atoms with Crippen molar-refractivity contribution in [3.63, 3.8) is 0 Å². The molecule has 1 saturated heterocycles.